The molecule has 1 aromatic rings. The van der Waals surface area contributed by atoms with Gasteiger partial charge in [-0.3, -0.25) is 0 Å². The summed E-state index contributed by atoms with van der Waals surface area (Å²) in [6, 6.07) is 6.36. The maximum absolute atomic E-state index is 5.44. The van der Waals surface area contributed by atoms with Crippen molar-refractivity contribution in [3.8, 4) is 5.75 Å². The highest BCUT2D eigenvalue weighted by molar-refractivity contribution is 5.36. The molecular formula is C15H28O. The van der Waals surface area contributed by atoms with Crippen molar-refractivity contribution in [2.45, 2.75) is 54.9 Å². The van der Waals surface area contributed by atoms with Crippen LogP contribution < -0.4 is 4.74 Å². The van der Waals surface area contributed by atoms with Crippen LogP contribution in [0.1, 0.15) is 52.7 Å². The Kier molecular flexibility index (Phi) is 13.2. The minimum Gasteiger partial charge on any atom is -0.494 e. The van der Waals surface area contributed by atoms with E-state index < -0.39 is 0 Å². The van der Waals surface area contributed by atoms with E-state index in [9.17, 15) is 0 Å². The Bertz CT molecular complexity index is 254. The van der Waals surface area contributed by atoms with E-state index in [1.165, 1.54) is 11.1 Å². The second kappa shape index (κ2) is 12.1. The van der Waals surface area contributed by atoms with Crippen molar-refractivity contribution in [1.29, 1.82) is 0 Å². The third-order valence-corrected chi connectivity index (χ3v) is 1.95. The minimum atomic E-state index is 0.742. The number of benzene rings is 1. The summed E-state index contributed by atoms with van der Waals surface area (Å²) in [5.41, 5.74) is 2.60. The molecule has 0 unspecified atom stereocenters. The first kappa shape index (κ1) is 17.4. The third-order valence-electron chi connectivity index (χ3n) is 1.95. The Morgan fingerprint density at radius 3 is 1.94 bits per heavy atom. The molecule has 0 saturated heterocycles. The lowest BCUT2D eigenvalue weighted by Gasteiger charge is -2.07. The lowest BCUT2D eigenvalue weighted by molar-refractivity contribution is 0.338. The molecule has 0 bridgehead atoms. The number of rotatable bonds is 3. The molecule has 0 N–H and O–H groups in total. The van der Waals surface area contributed by atoms with Crippen LogP contribution in [-0.2, 0) is 6.42 Å². The summed E-state index contributed by atoms with van der Waals surface area (Å²) in [4.78, 5) is 0. The summed E-state index contributed by atoms with van der Waals surface area (Å²) >= 11 is 0. The van der Waals surface area contributed by atoms with E-state index in [4.69, 9.17) is 4.74 Å². The van der Waals surface area contributed by atoms with Gasteiger partial charge in [0.25, 0.3) is 0 Å². The predicted octanol–water partition coefficient (Wildman–Crippen LogP) is 5.01. The maximum atomic E-state index is 5.44. The molecule has 16 heavy (non-hydrogen) atoms. The summed E-state index contributed by atoms with van der Waals surface area (Å²) in [5.74, 6) is 1.01. The van der Waals surface area contributed by atoms with Gasteiger partial charge < -0.3 is 4.74 Å². The summed E-state index contributed by atoms with van der Waals surface area (Å²) in [7, 11) is 0. The Morgan fingerprint density at radius 1 is 1.00 bits per heavy atom. The molecule has 1 aromatic carbocycles. The molecule has 1 heteroatoms. The first-order chi connectivity index (χ1) is 7.77. The molecule has 0 spiro atoms. The van der Waals surface area contributed by atoms with Crippen LogP contribution in [0, 0.1) is 6.92 Å². The van der Waals surface area contributed by atoms with Gasteiger partial charge in [-0.1, -0.05) is 46.8 Å². The van der Waals surface area contributed by atoms with E-state index >= 15 is 0 Å². The maximum Gasteiger partial charge on any atom is 0.122 e. The Hall–Kier alpha value is -0.980. The molecule has 0 atom stereocenters. The topological polar surface area (TPSA) is 9.23 Å². The van der Waals surface area contributed by atoms with Gasteiger partial charge >= 0.3 is 0 Å². The van der Waals surface area contributed by atoms with Crippen molar-refractivity contribution < 1.29 is 4.74 Å². The smallest absolute Gasteiger partial charge is 0.122 e. The lowest BCUT2D eigenvalue weighted by Crippen LogP contribution is -1.94. The van der Waals surface area contributed by atoms with Gasteiger partial charge in [-0.25, -0.2) is 0 Å². The van der Waals surface area contributed by atoms with Crippen LogP contribution in [0.2, 0.25) is 0 Å². The first-order valence-corrected chi connectivity index (χ1v) is 6.50. The minimum absolute atomic E-state index is 0.742. The fraction of sp³-hybridized carbons (Fsp3) is 0.600. The van der Waals surface area contributed by atoms with Gasteiger partial charge in [0.1, 0.15) is 5.75 Å². The third kappa shape index (κ3) is 6.49. The molecule has 0 heterocycles. The number of hydrogen-bond acceptors (Lipinski definition) is 1. The second-order valence-corrected chi connectivity index (χ2v) is 2.89. The molecule has 1 rings (SSSR count). The molecule has 0 aliphatic carbocycles. The van der Waals surface area contributed by atoms with E-state index in [0.717, 1.165) is 18.8 Å². The largest absolute Gasteiger partial charge is 0.494 e. The Labute approximate surface area is 102 Å². The molecule has 1 nitrogen and oxygen atoms in total. The van der Waals surface area contributed by atoms with E-state index in [1.807, 2.05) is 34.6 Å². The highest BCUT2D eigenvalue weighted by Gasteiger charge is 1.98. The van der Waals surface area contributed by atoms with Gasteiger partial charge in [0.15, 0.2) is 0 Å². The fourth-order valence-corrected chi connectivity index (χ4v) is 1.25. The van der Waals surface area contributed by atoms with E-state index in [0.29, 0.717) is 0 Å². The van der Waals surface area contributed by atoms with Crippen LogP contribution in [0.25, 0.3) is 0 Å². The quantitative estimate of drug-likeness (QED) is 0.701. The van der Waals surface area contributed by atoms with Crippen LogP contribution in [-0.4, -0.2) is 6.61 Å². The van der Waals surface area contributed by atoms with Gasteiger partial charge in [0.2, 0.25) is 0 Å². The molecule has 0 aliphatic heterocycles. The lowest BCUT2D eigenvalue weighted by atomic mass is 10.1. The monoisotopic (exact) mass is 224 g/mol. The zero-order valence-electron chi connectivity index (χ0n) is 12.1. The summed E-state index contributed by atoms with van der Waals surface area (Å²) in [5, 5.41) is 0. The highest BCUT2D eigenvalue weighted by Crippen LogP contribution is 2.18. The number of hydrogen-bond donors (Lipinski definition) is 0. The molecule has 94 valence electrons. The summed E-state index contributed by atoms with van der Waals surface area (Å²) in [6.07, 6.45) is 1.09. The molecule has 0 fully saturated rings. The number of ether oxygens (including phenoxy) is 1. The standard InChI is InChI=1S/C11H16O.2C2H6/c1-4-10-6-7-11(12-5-2)9(3)8-10;2*1-2/h6-8H,4-5H2,1-3H3;2*1-2H3. The predicted molar refractivity (Wildman–Crippen MR) is 74.4 cm³/mol. The van der Waals surface area contributed by atoms with Crippen molar-refractivity contribution in [1.82, 2.24) is 0 Å². The van der Waals surface area contributed by atoms with E-state index in [2.05, 4.69) is 32.0 Å². The summed E-state index contributed by atoms with van der Waals surface area (Å²) < 4.78 is 5.44. The van der Waals surface area contributed by atoms with Crippen LogP contribution in [0.15, 0.2) is 18.2 Å². The molecule has 0 amide bonds. The zero-order valence-corrected chi connectivity index (χ0v) is 12.1. The van der Waals surface area contributed by atoms with Gasteiger partial charge in [0.05, 0.1) is 6.61 Å². The van der Waals surface area contributed by atoms with Gasteiger partial charge in [0, 0.05) is 0 Å². The van der Waals surface area contributed by atoms with Crippen molar-refractivity contribution in [2.24, 2.45) is 0 Å². The molecule has 0 aromatic heterocycles. The zero-order chi connectivity index (χ0) is 13.0. The van der Waals surface area contributed by atoms with Crippen molar-refractivity contribution >= 4 is 0 Å². The highest BCUT2D eigenvalue weighted by atomic mass is 16.5. The average Bonchev–Trinajstić information content (AvgIpc) is 2.37. The molecule has 0 saturated carbocycles. The van der Waals surface area contributed by atoms with E-state index in [1.54, 1.807) is 0 Å². The van der Waals surface area contributed by atoms with Crippen molar-refractivity contribution in [3.05, 3.63) is 29.3 Å². The second-order valence-electron chi connectivity index (χ2n) is 2.89. The van der Waals surface area contributed by atoms with Crippen molar-refractivity contribution in [3.63, 3.8) is 0 Å². The fourth-order valence-electron chi connectivity index (χ4n) is 1.25. The summed E-state index contributed by atoms with van der Waals surface area (Å²) in [6.45, 7) is 15.0. The Morgan fingerprint density at radius 2 is 1.56 bits per heavy atom. The molecule has 0 radical (unpaired) electrons. The SMILES string of the molecule is CC.CC.CCOc1ccc(CC)cc1C. The number of aryl methyl sites for hydroxylation is 2. The van der Waals surface area contributed by atoms with Crippen molar-refractivity contribution in [2.75, 3.05) is 6.61 Å². The molecule has 0 aliphatic rings. The average molecular weight is 224 g/mol. The van der Waals surface area contributed by atoms with Crippen LogP contribution in [0.3, 0.4) is 0 Å². The Balaban J connectivity index is 0. The van der Waals surface area contributed by atoms with Crippen LogP contribution >= 0.6 is 0 Å². The first-order valence-electron chi connectivity index (χ1n) is 6.50. The van der Waals surface area contributed by atoms with Crippen LogP contribution in [0.5, 0.6) is 5.75 Å². The normalized spacial score (nSPS) is 8.19. The van der Waals surface area contributed by atoms with Gasteiger partial charge in [-0.05, 0) is 37.5 Å². The van der Waals surface area contributed by atoms with E-state index in [-0.39, 0.29) is 0 Å². The van der Waals surface area contributed by atoms with Crippen LogP contribution in [0.4, 0.5) is 0 Å². The van der Waals surface area contributed by atoms with Gasteiger partial charge in [-0.2, -0.15) is 0 Å². The van der Waals surface area contributed by atoms with Gasteiger partial charge in [-0.15, -0.1) is 0 Å². The molecular weight excluding hydrogens is 196 g/mol.